The third-order valence-electron chi connectivity index (χ3n) is 4.35. The van der Waals surface area contributed by atoms with E-state index in [1.54, 1.807) is 29.2 Å². The smallest absolute Gasteiger partial charge is 0.337 e. The van der Waals surface area contributed by atoms with E-state index in [-0.39, 0.29) is 12.5 Å². The van der Waals surface area contributed by atoms with E-state index in [2.05, 4.69) is 4.74 Å². The van der Waals surface area contributed by atoms with Crippen LogP contribution in [0.2, 0.25) is 0 Å². The third kappa shape index (κ3) is 4.73. The number of carbonyl (C=O) groups excluding carboxylic acids is 2. The standard InChI is InChI=1S/C21H23NO6/c1-3-22(13-15-4-9-18-19(12-15)27-11-10-26-18)20(23)14-28-17-7-5-16(6-8-17)21(24)25-2/h4-9,12H,3,10-11,13-14H2,1-2H3. The summed E-state index contributed by atoms with van der Waals surface area (Å²) in [4.78, 5) is 25.7. The van der Waals surface area contributed by atoms with Gasteiger partial charge in [0.2, 0.25) is 0 Å². The maximum absolute atomic E-state index is 12.5. The van der Waals surface area contributed by atoms with Gasteiger partial charge in [-0.1, -0.05) is 6.07 Å². The summed E-state index contributed by atoms with van der Waals surface area (Å²) in [6, 6.07) is 12.2. The molecule has 0 saturated heterocycles. The summed E-state index contributed by atoms with van der Waals surface area (Å²) < 4.78 is 21.3. The number of amides is 1. The lowest BCUT2D eigenvalue weighted by molar-refractivity contribution is -0.133. The molecule has 148 valence electrons. The highest BCUT2D eigenvalue weighted by atomic mass is 16.6. The van der Waals surface area contributed by atoms with Crippen LogP contribution in [0.25, 0.3) is 0 Å². The summed E-state index contributed by atoms with van der Waals surface area (Å²) in [7, 11) is 1.33. The summed E-state index contributed by atoms with van der Waals surface area (Å²) in [5, 5.41) is 0. The zero-order chi connectivity index (χ0) is 19.9. The molecule has 0 aromatic heterocycles. The first kappa shape index (κ1) is 19.5. The lowest BCUT2D eigenvalue weighted by atomic mass is 10.1. The first-order valence-electron chi connectivity index (χ1n) is 9.08. The van der Waals surface area contributed by atoms with Crippen LogP contribution in [0.1, 0.15) is 22.8 Å². The van der Waals surface area contributed by atoms with Crippen LogP contribution in [-0.2, 0) is 16.1 Å². The van der Waals surface area contributed by atoms with E-state index >= 15 is 0 Å². The molecule has 28 heavy (non-hydrogen) atoms. The van der Waals surface area contributed by atoms with Crippen LogP contribution in [0.3, 0.4) is 0 Å². The molecule has 7 heteroatoms. The van der Waals surface area contributed by atoms with E-state index < -0.39 is 5.97 Å². The Balaban J connectivity index is 1.57. The summed E-state index contributed by atoms with van der Waals surface area (Å²) >= 11 is 0. The van der Waals surface area contributed by atoms with Crippen molar-refractivity contribution in [3.05, 3.63) is 53.6 Å². The van der Waals surface area contributed by atoms with Gasteiger partial charge in [-0.3, -0.25) is 4.79 Å². The largest absolute Gasteiger partial charge is 0.486 e. The van der Waals surface area contributed by atoms with Gasteiger partial charge in [0, 0.05) is 13.1 Å². The van der Waals surface area contributed by atoms with Gasteiger partial charge in [-0.15, -0.1) is 0 Å². The Morgan fingerprint density at radius 2 is 1.75 bits per heavy atom. The average molecular weight is 385 g/mol. The van der Waals surface area contributed by atoms with Gasteiger partial charge in [0.05, 0.1) is 12.7 Å². The topological polar surface area (TPSA) is 74.3 Å². The number of methoxy groups -OCH3 is 1. The molecule has 0 fully saturated rings. The fraction of sp³-hybridized carbons (Fsp3) is 0.333. The lowest BCUT2D eigenvalue weighted by Gasteiger charge is -2.23. The van der Waals surface area contributed by atoms with Gasteiger partial charge in [-0.25, -0.2) is 4.79 Å². The monoisotopic (exact) mass is 385 g/mol. The van der Waals surface area contributed by atoms with Gasteiger partial charge in [-0.05, 0) is 48.9 Å². The van der Waals surface area contributed by atoms with Crippen LogP contribution < -0.4 is 14.2 Å². The average Bonchev–Trinajstić information content (AvgIpc) is 2.75. The van der Waals surface area contributed by atoms with Gasteiger partial charge >= 0.3 is 5.97 Å². The lowest BCUT2D eigenvalue weighted by Crippen LogP contribution is -2.34. The van der Waals surface area contributed by atoms with Crippen molar-refractivity contribution in [1.82, 2.24) is 4.90 Å². The molecule has 0 radical (unpaired) electrons. The molecule has 0 spiro atoms. The number of benzene rings is 2. The van der Waals surface area contributed by atoms with Crippen LogP contribution in [0.5, 0.6) is 17.2 Å². The number of likely N-dealkylation sites (N-methyl/N-ethyl adjacent to an activating group) is 1. The number of fused-ring (bicyclic) bond motifs is 1. The predicted molar refractivity (Wildman–Crippen MR) is 102 cm³/mol. The van der Waals surface area contributed by atoms with E-state index in [1.165, 1.54) is 7.11 Å². The number of esters is 1. The molecule has 1 heterocycles. The molecule has 1 amide bonds. The van der Waals surface area contributed by atoms with Crippen molar-refractivity contribution in [2.75, 3.05) is 33.5 Å². The first-order valence-corrected chi connectivity index (χ1v) is 9.08. The Labute approximate surface area is 163 Å². The molecule has 0 saturated carbocycles. The van der Waals surface area contributed by atoms with Gasteiger partial charge in [0.25, 0.3) is 5.91 Å². The number of rotatable bonds is 7. The highest BCUT2D eigenvalue weighted by Gasteiger charge is 2.16. The van der Waals surface area contributed by atoms with Crippen molar-refractivity contribution in [2.24, 2.45) is 0 Å². The summed E-state index contributed by atoms with van der Waals surface area (Å²) in [5.74, 6) is 1.39. The molecule has 2 aromatic rings. The maximum Gasteiger partial charge on any atom is 0.337 e. The van der Waals surface area contributed by atoms with Crippen LogP contribution in [0.4, 0.5) is 0 Å². The minimum Gasteiger partial charge on any atom is -0.486 e. The highest BCUT2D eigenvalue weighted by molar-refractivity contribution is 5.89. The Morgan fingerprint density at radius 1 is 1.04 bits per heavy atom. The zero-order valence-corrected chi connectivity index (χ0v) is 16.0. The van der Waals surface area contributed by atoms with Crippen LogP contribution in [-0.4, -0.2) is 50.3 Å². The number of hydrogen-bond acceptors (Lipinski definition) is 6. The Bertz CT molecular complexity index is 833. The maximum atomic E-state index is 12.5. The summed E-state index contributed by atoms with van der Waals surface area (Å²) in [6.07, 6.45) is 0. The fourth-order valence-corrected chi connectivity index (χ4v) is 2.82. The van der Waals surface area contributed by atoms with Crippen molar-refractivity contribution >= 4 is 11.9 Å². The second-order valence-electron chi connectivity index (χ2n) is 6.19. The number of ether oxygens (including phenoxy) is 4. The SMILES string of the molecule is CCN(Cc1ccc2c(c1)OCCO2)C(=O)COc1ccc(C(=O)OC)cc1. The van der Waals surface area contributed by atoms with Crippen molar-refractivity contribution in [3.63, 3.8) is 0 Å². The number of hydrogen-bond donors (Lipinski definition) is 0. The Kier molecular flexibility index (Phi) is 6.37. The molecule has 0 N–H and O–H groups in total. The van der Waals surface area contributed by atoms with Crippen molar-refractivity contribution < 1.29 is 28.5 Å². The first-order chi connectivity index (χ1) is 13.6. The van der Waals surface area contributed by atoms with E-state index in [0.717, 1.165) is 11.3 Å². The number of nitrogens with zero attached hydrogens (tertiary/aromatic N) is 1. The summed E-state index contributed by atoms with van der Waals surface area (Å²) in [5.41, 5.74) is 1.39. The van der Waals surface area contributed by atoms with E-state index in [4.69, 9.17) is 14.2 Å². The van der Waals surface area contributed by atoms with Gasteiger partial charge in [-0.2, -0.15) is 0 Å². The molecule has 0 bridgehead atoms. The zero-order valence-electron chi connectivity index (χ0n) is 16.0. The molecule has 1 aliphatic rings. The second-order valence-corrected chi connectivity index (χ2v) is 6.19. The quantitative estimate of drug-likeness (QED) is 0.682. The molecule has 0 unspecified atom stereocenters. The molecular formula is C21H23NO6. The van der Waals surface area contributed by atoms with E-state index in [1.807, 2.05) is 25.1 Å². The predicted octanol–water partition coefficient (Wildman–Crippen LogP) is 2.67. The molecule has 2 aromatic carbocycles. The van der Waals surface area contributed by atoms with Crippen molar-refractivity contribution in [1.29, 1.82) is 0 Å². The second kappa shape index (κ2) is 9.12. The normalized spacial score (nSPS) is 12.2. The molecule has 7 nitrogen and oxygen atoms in total. The van der Waals surface area contributed by atoms with Crippen LogP contribution in [0.15, 0.2) is 42.5 Å². The van der Waals surface area contributed by atoms with Gasteiger partial charge in [0.1, 0.15) is 19.0 Å². The third-order valence-corrected chi connectivity index (χ3v) is 4.35. The van der Waals surface area contributed by atoms with Crippen LogP contribution >= 0.6 is 0 Å². The van der Waals surface area contributed by atoms with Crippen molar-refractivity contribution in [2.45, 2.75) is 13.5 Å². The minimum atomic E-state index is -0.417. The minimum absolute atomic E-state index is 0.0873. The van der Waals surface area contributed by atoms with Gasteiger partial charge in [0.15, 0.2) is 18.1 Å². The van der Waals surface area contributed by atoms with E-state index in [0.29, 0.717) is 43.4 Å². The Hall–Kier alpha value is -3.22. The molecule has 1 aliphatic heterocycles. The fourth-order valence-electron chi connectivity index (χ4n) is 2.82. The van der Waals surface area contributed by atoms with Gasteiger partial charge < -0.3 is 23.8 Å². The molecule has 0 aliphatic carbocycles. The molecular weight excluding hydrogens is 362 g/mol. The van der Waals surface area contributed by atoms with Crippen LogP contribution in [0, 0.1) is 0 Å². The molecule has 3 rings (SSSR count). The summed E-state index contributed by atoms with van der Waals surface area (Å²) in [6.45, 7) is 3.91. The Morgan fingerprint density at radius 3 is 2.43 bits per heavy atom. The highest BCUT2D eigenvalue weighted by Crippen LogP contribution is 2.31. The molecule has 0 atom stereocenters. The van der Waals surface area contributed by atoms with Crippen molar-refractivity contribution in [3.8, 4) is 17.2 Å². The number of carbonyl (C=O) groups is 2. The van der Waals surface area contributed by atoms with E-state index in [9.17, 15) is 9.59 Å².